The highest BCUT2D eigenvalue weighted by molar-refractivity contribution is 7.89. The summed E-state index contributed by atoms with van der Waals surface area (Å²) in [5.41, 5.74) is 2.56. The number of aromatic nitrogens is 1. The number of aryl methyl sites for hydroxylation is 2. The van der Waals surface area contributed by atoms with Gasteiger partial charge in [-0.25, -0.2) is 13.1 Å². The van der Waals surface area contributed by atoms with Gasteiger partial charge in [0.05, 0.1) is 23.7 Å². The Morgan fingerprint density at radius 3 is 2.52 bits per heavy atom. The van der Waals surface area contributed by atoms with Gasteiger partial charge in [-0.15, -0.1) is 0 Å². The third kappa shape index (κ3) is 3.49. The van der Waals surface area contributed by atoms with Crippen LogP contribution in [0.4, 0.5) is 0 Å². The number of hydrogen-bond donors (Lipinski definition) is 2. The predicted octanol–water partition coefficient (Wildman–Crippen LogP) is 1.57. The van der Waals surface area contributed by atoms with E-state index in [1.54, 1.807) is 26.0 Å². The van der Waals surface area contributed by atoms with Crippen molar-refractivity contribution in [1.29, 1.82) is 0 Å². The summed E-state index contributed by atoms with van der Waals surface area (Å²) in [7, 11) is -3.68. The highest BCUT2D eigenvalue weighted by atomic mass is 32.2. The molecule has 0 amide bonds. The number of nitrogens with zero attached hydrogens (tertiary/aromatic N) is 1. The van der Waals surface area contributed by atoms with Gasteiger partial charge in [-0.1, -0.05) is 11.2 Å². The van der Waals surface area contributed by atoms with Crippen molar-refractivity contribution in [3.8, 4) is 0 Å². The number of hydrogen-bond acceptors (Lipinski definition) is 5. The molecule has 0 fully saturated rings. The molecule has 2 N–H and O–H groups in total. The van der Waals surface area contributed by atoms with Gasteiger partial charge in [-0.2, -0.15) is 0 Å². The van der Waals surface area contributed by atoms with E-state index in [2.05, 4.69) is 9.88 Å². The largest absolute Gasteiger partial charge is 0.392 e. The van der Waals surface area contributed by atoms with Gasteiger partial charge in [-0.3, -0.25) is 0 Å². The molecule has 0 aliphatic rings. The molecular weight excluding hydrogens is 292 g/mol. The second-order valence-corrected chi connectivity index (χ2v) is 6.68. The molecule has 114 valence electrons. The molecule has 0 atom stereocenters. The lowest BCUT2D eigenvalue weighted by Gasteiger charge is -2.12. The van der Waals surface area contributed by atoms with Crippen LogP contribution < -0.4 is 4.72 Å². The van der Waals surface area contributed by atoms with E-state index >= 15 is 0 Å². The first-order valence-electron chi connectivity index (χ1n) is 6.46. The fourth-order valence-corrected chi connectivity index (χ4v) is 3.38. The zero-order chi connectivity index (χ0) is 15.6. The smallest absolute Gasteiger partial charge is 0.241 e. The van der Waals surface area contributed by atoms with Crippen LogP contribution in [0.3, 0.4) is 0 Å². The lowest BCUT2D eigenvalue weighted by Crippen LogP contribution is -2.24. The van der Waals surface area contributed by atoms with Gasteiger partial charge in [0, 0.05) is 6.07 Å². The summed E-state index contributed by atoms with van der Waals surface area (Å²) in [5, 5.41) is 13.0. The van der Waals surface area contributed by atoms with Crippen LogP contribution in [0.15, 0.2) is 27.6 Å². The zero-order valence-electron chi connectivity index (χ0n) is 12.2. The number of nitrogens with one attached hydrogen (secondary N) is 1. The first kappa shape index (κ1) is 15.7. The van der Waals surface area contributed by atoms with E-state index in [9.17, 15) is 13.5 Å². The van der Waals surface area contributed by atoms with Gasteiger partial charge in [-0.05, 0) is 43.5 Å². The van der Waals surface area contributed by atoms with Crippen LogP contribution in [0.25, 0.3) is 0 Å². The van der Waals surface area contributed by atoms with Crippen LogP contribution >= 0.6 is 0 Å². The average Bonchev–Trinajstić information content (AvgIpc) is 2.85. The van der Waals surface area contributed by atoms with Crippen molar-refractivity contribution in [2.45, 2.75) is 38.8 Å². The first-order chi connectivity index (χ1) is 9.83. The topological polar surface area (TPSA) is 92.4 Å². The summed E-state index contributed by atoms with van der Waals surface area (Å²) < 4.78 is 32.2. The molecule has 2 rings (SSSR count). The van der Waals surface area contributed by atoms with E-state index in [4.69, 9.17) is 4.52 Å². The van der Waals surface area contributed by atoms with Crippen molar-refractivity contribution in [2.24, 2.45) is 0 Å². The monoisotopic (exact) mass is 310 g/mol. The number of aliphatic hydroxyl groups is 1. The van der Waals surface area contributed by atoms with Gasteiger partial charge in [0.15, 0.2) is 0 Å². The van der Waals surface area contributed by atoms with Crippen LogP contribution in [0.2, 0.25) is 0 Å². The molecule has 0 unspecified atom stereocenters. The molecule has 7 heteroatoms. The standard InChI is InChI=1S/C14H18N2O4S/c1-9-4-12(8-17)6-14(11(9)3)21(18,19)15-7-13-5-10(2)20-16-13/h4-6,15,17H,7-8H2,1-3H3. The predicted molar refractivity (Wildman–Crippen MR) is 77.1 cm³/mol. The van der Waals surface area contributed by atoms with Gasteiger partial charge < -0.3 is 9.63 Å². The summed E-state index contributed by atoms with van der Waals surface area (Å²) in [5.74, 6) is 0.624. The summed E-state index contributed by atoms with van der Waals surface area (Å²) in [6.07, 6.45) is 0. The minimum Gasteiger partial charge on any atom is -0.392 e. The molecule has 2 aromatic rings. The van der Waals surface area contributed by atoms with Crippen LogP contribution in [-0.4, -0.2) is 18.7 Å². The van der Waals surface area contributed by atoms with Crippen LogP contribution in [0.1, 0.15) is 28.1 Å². The van der Waals surface area contributed by atoms with E-state index in [0.29, 0.717) is 22.6 Å². The van der Waals surface area contributed by atoms with Crippen molar-refractivity contribution >= 4 is 10.0 Å². The minimum atomic E-state index is -3.68. The Hall–Kier alpha value is -1.70. The van der Waals surface area contributed by atoms with Crippen LogP contribution in [0, 0.1) is 20.8 Å². The number of aliphatic hydroxyl groups excluding tert-OH is 1. The van der Waals surface area contributed by atoms with E-state index in [0.717, 1.165) is 5.56 Å². The first-order valence-corrected chi connectivity index (χ1v) is 7.94. The SMILES string of the molecule is Cc1cc(CNS(=O)(=O)c2cc(CO)cc(C)c2C)no1. The molecule has 0 saturated heterocycles. The molecule has 1 aromatic heterocycles. The third-order valence-electron chi connectivity index (χ3n) is 3.27. The van der Waals surface area contributed by atoms with Gasteiger partial charge in [0.1, 0.15) is 5.76 Å². The van der Waals surface area contributed by atoms with Crippen LogP contribution in [0.5, 0.6) is 0 Å². The van der Waals surface area contributed by atoms with Gasteiger partial charge in [0.25, 0.3) is 0 Å². The molecule has 0 radical (unpaired) electrons. The lowest BCUT2D eigenvalue weighted by atomic mass is 10.1. The van der Waals surface area contributed by atoms with Crippen molar-refractivity contribution in [1.82, 2.24) is 9.88 Å². The Labute approximate surface area is 123 Å². The maximum atomic E-state index is 12.4. The van der Waals surface area contributed by atoms with Crippen molar-refractivity contribution in [3.05, 3.63) is 46.3 Å². The molecule has 6 nitrogen and oxygen atoms in total. The van der Waals surface area contributed by atoms with Crippen molar-refractivity contribution in [2.75, 3.05) is 0 Å². The van der Waals surface area contributed by atoms with Crippen molar-refractivity contribution < 1.29 is 18.0 Å². The zero-order valence-corrected chi connectivity index (χ0v) is 13.0. The maximum Gasteiger partial charge on any atom is 0.241 e. The molecule has 0 aliphatic heterocycles. The quantitative estimate of drug-likeness (QED) is 0.874. The Bertz CT molecular complexity index is 750. The third-order valence-corrected chi connectivity index (χ3v) is 4.80. The fraction of sp³-hybridized carbons (Fsp3) is 0.357. The molecule has 0 bridgehead atoms. The fourth-order valence-electron chi connectivity index (χ4n) is 2.02. The Morgan fingerprint density at radius 2 is 1.95 bits per heavy atom. The highest BCUT2D eigenvalue weighted by Crippen LogP contribution is 2.21. The highest BCUT2D eigenvalue weighted by Gasteiger charge is 2.19. The van der Waals surface area contributed by atoms with Crippen LogP contribution in [-0.2, 0) is 23.2 Å². The molecular formula is C14H18N2O4S. The maximum absolute atomic E-state index is 12.4. The lowest BCUT2D eigenvalue weighted by molar-refractivity contribution is 0.281. The Morgan fingerprint density at radius 1 is 1.24 bits per heavy atom. The number of benzene rings is 1. The second-order valence-electron chi connectivity index (χ2n) is 4.95. The number of rotatable bonds is 5. The molecule has 1 heterocycles. The summed E-state index contributed by atoms with van der Waals surface area (Å²) in [6.45, 7) is 5.15. The molecule has 0 spiro atoms. The molecule has 1 aromatic carbocycles. The summed E-state index contributed by atoms with van der Waals surface area (Å²) >= 11 is 0. The van der Waals surface area contributed by atoms with E-state index in [1.807, 2.05) is 6.92 Å². The normalized spacial score (nSPS) is 11.8. The Balaban J connectivity index is 2.29. The Kier molecular flexibility index (Phi) is 4.46. The molecule has 21 heavy (non-hydrogen) atoms. The average molecular weight is 310 g/mol. The van der Waals surface area contributed by atoms with Crippen molar-refractivity contribution in [3.63, 3.8) is 0 Å². The van der Waals surface area contributed by atoms with Gasteiger partial charge >= 0.3 is 0 Å². The van der Waals surface area contributed by atoms with E-state index < -0.39 is 10.0 Å². The van der Waals surface area contributed by atoms with Gasteiger partial charge in [0.2, 0.25) is 10.0 Å². The second kappa shape index (κ2) is 5.97. The summed E-state index contributed by atoms with van der Waals surface area (Å²) in [6, 6.07) is 4.93. The molecule has 0 aliphatic carbocycles. The summed E-state index contributed by atoms with van der Waals surface area (Å²) in [4.78, 5) is 0.173. The minimum absolute atomic E-state index is 0.0571. The number of sulfonamides is 1. The molecule has 0 saturated carbocycles. The van der Waals surface area contributed by atoms with E-state index in [1.165, 1.54) is 6.07 Å². The van der Waals surface area contributed by atoms with E-state index in [-0.39, 0.29) is 18.0 Å².